The first-order chi connectivity index (χ1) is 9.37. The highest BCUT2D eigenvalue weighted by Crippen LogP contribution is 2.33. The number of hydrogen-bond acceptors (Lipinski definition) is 4. The molecule has 2 rings (SSSR count). The minimum atomic E-state index is -4.07. The predicted molar refractivity (Wildman–Crippen MR) is 74.4 cm³/mol. The lowest BCUT2D eigenvalue weighted by molar-refractivity contribution is 0.178. The van der Waals surface area contributed by atoms with Crippen LogP contribution in [0.15, 0.2) is 17.0 Å². The molecule has 0 saturated heterocycles. The van der Waals surface area contributed by atoms with Gasteiger partial charge in [0.25, 0.3) is 0 Å². The Morgan fingerprint density at radius 3 is 2.60 bits per heavy atom. The van der Waals surface area contributed by atoms with Crippen molar-refractivity contribution in [3.05, 3.63) is 23.0 Å². The van der Waals surface area contributed by atoms with E-state index in [1.54, 1.807) is 0 Å². The lowest BCUT2D eigenvalue weighted by Crippen LogP contribution is -2.45. The fourth-order valence-corrected chi connectivity index (χ4v) is 4.26. The van der Waals surface area contributed by atoms with Gasteiger partial charge in [-0.3, -0.25) is 0 Å². The molecule has 3 N–H and O–H groups in total. The van der Waals surface area contributed by atoms with Crippen LogP contribution in [0.4, 0.5) is 10.1 Å². The van der Waals surface area contributed by atoms with Crippen molar-refractivity contribution in [2.45, 2.75) is 30.2 Å². The van der Waals surface area contributed by atoms with E-state index in [-0.39, 0.29) is 29.9 Å². The van der Waals surface area contributed by atoms with E-state index < -0.39 is 20.7 Å². The Balaban J connectivity index is 2.47. The normalized spacial score (nSPS) is 16.4. The van der Waals surface area contributed by atoms with Crippen molar-refractivity contribution in [2.75, 3.05) is 18.9 Å². The molecule has 1 aromatic carbocycles. The number of halogens is 2. The van der Waals surface area contributed by atoms with E-state index in [0.717, 1.165) is 22.9 Å². The van der Waals surface area contributed by atoms with Crippen LogP contribution in [0.3, 0.4) is 0 Å². The molecule has 0 unspecified atom stereocenters. The van der Waals surface area contributed by atoms with Gasteiger partial charge in [-0.2, -0.15) is 4.31 Å². The molecule has 0 spiro atoms. The van der Waals surface area contributed by atoms with Crippen LogP contribution in [0.25, 0.3) is 0 Å². The van der Waals surface area contributed by atoms with Crippen molar-refractivity contribution in [1.82, 2.24) is 4.31 Å². The Kier molecular flexibility index (Phi) is 4.53. The Morgan fingerprint density at radius 1 is 1.45 bits per heavy atom. The number of nitrogens with two attached hydrogens (primary N) is 1. The van der Waals surface area contributed by atoms with E-state index in [9.17, 15) is 12.8 Å². The van der Waals surface area contributed by atoms with E-state index in [4.69, 9.17) is 22.4 Å². The lowest BCUT2D eigenvalue weighted by Gasteiger charge is -2.36. The molecule has 0 aromatic heterocycles. The second-order valence-corrected chi connectivity index (χ2v) is 7.03. The molecule has 112 valence electrons. The average Bonchev–Trinajstić information content (AvgIpc) is 2.30. The maximum absolute atomic E-state index is 14.0. The molecule has 1 aliphatic carbocycles. The van der Waals surface area contributed by atoms with E-state index in [1.165, 1.54) is 0 Å². The topological polar surface area (TPSA) is 83.6 Å². The van der Waals surface area contributed by atoms with Crippen LogP contribution in [-0.4, -0.2) is 37.0 Å². The summed E-state index contributed by atoms with van der Waals surface area (Å²) < 4.78 is 40.2. The third kappa shape index (κ3) is 2.76. The third-order valence-corrected chi connectivity index (χ3v) is 5.59. The summed E-state index contributed by atoms with van der Waals surface area (Å²) in [6.45, 7) is -0.397. The van der Waals surface area contributed by atoms with Crippen molar-refractivity contribution in [2.24, 2.45) is 0 Å². The molecule has 0 amide bonds. The zero-order valence-electron chi connectivity index (χ0n) is 10.7. The molecule has 0 radical (unpaired) electrons. The first-order valence-corrected chi connectivity index (χ1v) is 8.07. The molecule has 1 fully saturated rings. The van der Waals surface area contributed by atoms with Gasteiger partial charge in [-0.25, -0.2) is 12.8 Å². The summed E-state index contributed by atoms with van der Waals surface area (Å²) in [5.74, 6) is -1.00. The molecular formula is C12H16ClFN2O3S. The van der Waals surface area contributed by atoms with Gasteiger partial charge in [0, 0.05) is 17.6 Å². The molecular weight excluding hydrogens is 307 g/mol. The van der Waals surface area contributed by atoms with Crippen LogP contribution in [0.5, 0.6) is 0 Å². The lowest BCUT2D eigenvalue weighted by atomic mass is 9.93. The van der Waals surface area contributed by atoms with Crippen LogP contribution in [0, 0.1) is 5.82 Å². The molecule has 1 saturated carbocycles. The number of sulfonamides is 1. The summed E-state index contributed by atoms with van der Waals surface area (Å²) in [6.07, 6.45) is 2.33. The van der Waals surface area contributed by atoms with Gasteiger partial charge in [-0.15, -0.1) is 0 Å². The Morgan fingerprint density at radius 2 is 2.10 bits per heavy atom. The Bertz CT molecular complexity index is 605. The van der Waals surface area contributed by atoms with E-state index in [2.05, 4.69) is 0 Å². The monoisotopic (exact) mass is 322 g/mol. The summed E-state index contributed by atoms with van der Waals surface area (Å²) in [4.78, 5) is -0.539. The fraction of sp³-hybridized carbons (Fsp3) is 0.500. The van der Waals surface area contributed by atoms with Crippen molar-refractivity contribution in [3.8, 4) is 0 Å². The molecule has 20 heavy (non-hydrogen) atoms. The number of aliphatic hydroxyl groups is 1. The molecule has 1 aromatic rings. The second-order valence-electron chi connectivity index (χ2n) is 4.73. The van der Waals surface area contributed by atoms with Gasteiger partial charge < -0.3 is 10.8 Å². The number of rotatable bonds is 5. The Labute approximate surface area is 122 Å². The van der Waals surface area contributed by atoms with Crippen LogP contribution in [0.1, 0.15) is 19.3 Å². The molecule has 8 heteroatoms. The average molecular weight is 323 g/mol. The second kappa shape index (κ2) is 5.85. The van der Waals surface area contributed by atoms with Crippen LogP contribution < -0.4 is 5.73 Å². The zero-order valence-corrected chi connectivity index (χ0v) is 12.3. The number of nitrogens with zero attached hydrogens (tertiary/aromatic N) is 1. The maximum Gasteiger partial charge on any atom is 0.246 e. The molecule has 0 heterocycles. The SMILES string of the molecule is Nc1cc(Cl)cc(S(=O)(=O)N(CCO)C2CCC2)c1F. The van der Waals surface area contributed by atoms with Crippen LogP contribution in [0.2, 0.25) is 5.02 Å². The molecule has 0 atom stereocenters. The minimum absolute atomic E-state index is 0.0556. The first-order valence-electron chi connectivity index (χ1n) is 6.25. The standard InChI is InChI=1S/C12H16ClFN2O3S/c13-8-6-10(15)12(14)11(7-8)20(18,19)16(4-5-17)9-2-1-3-9/h6-7,9,17H,1-5,15H2. The molecule has 1 aliphatic rings. The summed E-state index contributed by atoms with van der Waals surface area (Å²) in [5, 5.41) is 9.10. The van der Waals surface area contributed by atoms with E-state index >= 15 is 0 Å². The number of benzene rings is 1. The third-order valence-electron chi connectivity index (χ3n) is 3.42. The first kappa shape index (κ1) is 15.5. The van der Waals surface area contributed by atoms with Crippen LogP contribution >= 0.6 is 11.6 Å². The number of anilines is 1. The molecule has 5 nitrogen and oxygen atoms in total. The number of nitrogen functional groups attached to an aromatic ring is 1. The summed E-state index contributed by atoms with van der Waals surface area (Å²) >= 11 is 5.76. The highest BCUT2D eigenvalue weighted by Gasteiger charge is 2.36. The largest absolute Gasteiger partial charge is 0.396 e. The minimum Gasteiger partial charge on any atom is -0.396 e. The van der Waals surface area contributed by atoms with Crippen molar-refractivity contribution < 1.29 is 17.9 Å². The van der Waals surface area contributed by atoms with E-state index in [0.29, 0.717) is 12.8 Å². The highest BCUT2D eigenvalue weighted by atomic mass is 35.5. The maximum atomic E-state index is 14.0. The fourth-order valence-electron chi connectivity index (χ4n) is 2.17. The summed E-state index contributed by atoms with van der Waals surface area (Å²) in [6, 6.07) is 2.01. The van der Waals surface area contributed by atoms with Gasteiger partial charge in [0.1, 0.15) is 4.90 Å². The summed E-state index contributed by atoms with van der Waals surface area (Å²) in [5.41, 5.74) is 5.11. The van der Waals surface area contributed by atoms with Gasteiger partial charge in [0.05, 0.1) is 12.3 Å². The van der Waals surface area contributed by atoms with Crippen molar-refractivity contribution >= 4 is 27.3 Å². The Hall–Kier alpha value is -0.890. The van der Waals surface area contributed by atoms with Gasteiger partial charge in [0.15, 0.2) is 5.82 Å². The predicted octanol–water partition coefficient (Wildman–Crippen LogP) is 1.60. The quantitative estimate of drug-likeness (QED) is 0.806. The summed E-state index contributed by atoms with van der Waals surface area (Å²) in [7, 11) is -4.07. The van der Waals surface area contributed by atoms with Crippen molar-refractivity contribution in [1.29, 1.82) is 0 Å². The van der Waals surface area contributed by atoms with Crippen LogP contribution in [-0.2, 0) is 10.0 Å². The van der Waals surface area contributed by atoms with Gasteiger partial charge in [-0.1, -0.05) is 18.0 Å². The van der Waals surface area contributed by atoms with Gasteiger partial charge in [-0.05, 0) is 25.0 Å². The van der Waals surface area contributed by atoms with Gasteiger partial charge >= 0.3 is 0 Å². The van der Waals surface area contributed by atoms with Crippen molar-refractivity contribution in [3.63, 3.8) is 0 Å². The number of aliphatic hydroxyl groups excluding tert-OH is 1. The van der Waals surface area contributed by atoms with E-state index in [1.807, 2.05) is 0 Å². The number of hydrogen-bond donors (Lipinski definition) is 2. The molecule has 0 bridgehead atoms. The highest BCUT2D eigenvalue weighted by molar-refractivity contribution is 7.89. The zero-order chi connectivity index (χ0) is 14.9. The molecule has 0 aliphatic heterocycles. The smallest absolute Gasteiger partial charge is 0.246 e. The van der Waals surface area contributed by atoms with Gasteiger partial charge in [0.2, 0.25) is 10.0 Å².